The first-order valence-electron chi connectivity index (χ1n) is 19.8. The quantitative estimate of drug-likeness (QED) is 0.168. The molecule has 0 unspecified atom stereocenters. The number of benzene rings is 9. The van der Waals surface area contributed by atoms with Crippen LogP contribution >= 0.6 is 22.9 Å². The molecule has 0 atom stereocenters. The van der Waals surface area contributed by atoms with Crippen LogP contribution in [0.25, 0.3) is 64.7 Å². The average Bonchev–Trinajstić information content (AvgIpc) is 3.91. The minimum Gasteiger partial charge on any atom is -0.310 e. The molecule has 58 heavy (non-hydrogen) atoms. The van der Waals surface area contributed by atoms with Crippen molar-refractivity contribution in [2.75, 3.05) is 4.90 Å². The molecule has 0 N–H and O–H groups in total. The van der Waals surface area contributed by atoms with E-state index in [-0.39, 0.29) is 0 Å². The van der Waals surface area contributed by atoms with Gasteiger partial charge < -0.3 is 4.90 Å². The lowest BCUT2D eigenvalue weighted by molar-refractivity contribution is 0.794. The Morgan fingerprint density at radius 3 is 1.64 bits per heavy atom. The zero-order chi connectivity index (χ0) is 38.4. The molecule has 1 aromatic heterocycles. The van der Waals surface area contributed by atoms with Gasteiger partial charge in [-0.3, -0.25) is 0 Å². The van der Waals surface area contributed by atoms with E-state index in [2.05, 4.69) is 199 Å². The number of para-hydroxylation sites is 1. The molecular formula is C55H34ClNS. The fourth-order valence-electron chi connectivity index (χ4n) is 9.92. The molecule has 0 bridgehead atoms. The number of thiophene rings is 1. The van der Waals surface area contributed by atoms with Gasteiger partial charge in [0.05, 0.1) is 5.41 Å². The van der Waals surface area contributed by atoms with E-state index in [4.69, 9.17) is 11.6 Å². The second kappa shape index (κ2) is 12.9. The summed E-state index contributed by atoms with van der Waals surface area (Å²) in [6.07, 6.45) is 0. The van der Waals surface area contributed by atoms with Gasteiger partial charge in [-0.2, -0.15) is 0 Å². The molecule has 1 nitrogen and oxygen atoms in total. The highest BCUT2D eigenvalue weighted by Crippen LogP contribution is 2.64. The largest absolute Gasteiger partial charge is 0.310 e. The van der Waals surface area contributed by atoms with Crippen molar-refractivity contribution < 1.29 is 0 Å². The van der Waals surface area contributed by atoms with Gasteiger partial charge in [-0.1, -0.05) is 145 Å². The number of hydrogen-bond acceptors (Lipinski definition) is 2. The van der Waals surface area contributed by atoms with Crippen LogP contribution in [0.5, 0.6) is 0 Å². The summed E-state index contributed by atoms with van der Waals surface area (Å²) in [5.41, 5.74) is 18.1. The Morgan fingerprint density at radius 2 is 0.914 bits per heavy atom. The molecule has 0 saturated heterocycles. The molecule has 3 heteroatoms. The number of fused-ring (bicyclic) bond motifs is 13. The van der Waals surface area contributed by atoms with Gasteiger partial charge in [-0.15, -0.1) is 11.3 Å². The van der Waals surface area contributed by atoms with Crippen LogP contribution < -0.4 is 4.90 Å². The Bertz CT molecular complexity index is 3190. The molecule has 1 heterocycles. The van der Waals surface area contributed by atoms with E-state index < -0.39 is 5.41 Å². The Morgan fingerprint density at radius 1 is 0.362 bits per heavy atom. The minimum atomic E-state index is -0.454. The Kier molecular flexibility index (Phi) is 7.44. The van der Waals surface area contributed by atoms with E-state index >= 15 is 0 Å². The molecular weight excluding hydrogens is 742 g/mol. The van der Waals surface area contributed by atoms with Crippen molar-refractivity contribution in [1.29, 1.82) is 0 Å². The third-order valence-corrected chi connectivity index (χ3v) is 13.7. The molecule has 2 aliphatic carbocycles. The fraction of sp³-hybridized carbons (Fsp3) is 0.0182. The Hall–Kier alpha value is -6.71. The molecule has 272 valence electrons. The maximum absolute atomic E-state index is 6.47. The molecule has 9 aromatic carbocycles. The maximum atomic E-state index is 6.47. The molecule has 12 rings (SSSR count). The van der Waals surface area contributed by atoms with Gasteiger partial charge in [0.2, 0.25) is 0 Å². The van der Waals surface area contributed by atoms with Crippen LogP contribution in [0.3, 0.4) is 0 Å². The first kappa shape index (κ1) is 33.4. The second-order valence-corrected chi connectivity index (χ2v) is 16.9. The lowest BCUT2D eigenvalue weighted by Gasteiger charge is -2.31. The summed E-state index contributed by atoms with van der Waals surface area (Å²) in [5.74, 6) is 0. The van der Waals surface area contributed by atoms with Crippen LogP contribution in [0.2, 0.25) is 5.02 Å². The summed E-state index contributed by atoms with van der Waals surface area (Å²) in [4.78, 5) is 2.38. The number of nitrogens with zero attached hydrogens (tertiary/aromatic N) is 1. The molecule has 0 radical (unpaired) electrons. The third-order valence-electron chi connectivity index (χ3n) is 12.3. The van der Waals surface area contributed by atoms with Crippen LogP contribution in [0.1, 0.15) is 22.3 Å². The van der Waals surface area contributed by atoms with E-state index in [1.54, 1.807) is 0 Å². The van der Waals surface area contributed by atoms with Gasteiger partial charge in [-0.25, -0.2) is 0 Å². The van der Waals surface area contributed by atoms with Crippen LogP contribution in [0.15, 0.2) is 206 Å². The topological polar surface area (TPSA) is 3.24 Å². The molecule has 0 saturated carbocycles. The van der Waals surface area contributed by atoms with Gasteiger partial charge >= 0.3 is 0 Å². The van der Waals surface area contributed by atoms with Gasteiger partial charge in [-0.05, 0) is 140 Å². The van der Waals surface area contributed by atoms with Gasteiger partial charge in [0, 0.05) is 42.3 Å². The van der Waals surface area contributed by atoms with Gasteiger partial charge in [0.15, 0.2) is 0 Å². The molecule has 2 aliphatic rings. The van der Waals surface area contributed by atoms with E-state index in [0.717, 1.165) is 27.6 Å². The van der Waals surface area contributed by atoms with E-state index in [0.29, 0.717) is 0 Å². The highest BCUT2D eigenvalue weighted by atomic mass is 35.5. The van der Waals surface area contributed by atoms with Crippen molar-refractivity contribution in [3.8, 4) is 44.5 Å². The zero-order valence-corrected chi connectivity index (χ0v) is 32.9. The summed E-state index contributed by atoms with van der Waals surface area (Å²) in [6, 6.07) is 75.8. The van der Waals surface area contributed by atoms with Crippen molar-refractivity contribution in [2.45, 2.75) is 5.41 Å². The molecule has 10 aromatic rings. The maximum Gasteiger partial charge on any atom is 0.0725 e. The SMILES string of the molecule is Clc1ccc(-c2cc(-c3ccc(N(c4ccccc4)c4ccc5sc6ccccc6c5c4)cc3)c3c(c2)C2(c4ccccc4-c4ccccc42)c2ccccc2-3)cc1. The number of anilines is 3. The molecule has 0 aliphatic heterocycles. The fourth-order valence-corrected chi connectivity index (χ4v) is 11.1. The zero-order valence-electron chi connectivity index (χ0n) is 31.4. The summed E-state index contributed by atoms with van der Waals surface area (Å²) < 4.78 is 2.61. The van der Waals surface area contributed by atoms with Crippen LogP contribution in [-0.2, 0) is 5.41 Å². The van der Waals surface area contributed by atoms with Crippen molar-refractivity contribution in [3.63, 3.8) is 0 Å². The van der Waals surface area contributed by atoms with Crippen molar-refractivity contribution >= 4 is 60.2 Å². The monoisotopic (exact) mass is 775 g/mol. The summed E-state index contributed by atoms with van der Waals surface area (Å²) in [6.45, 7) is 0. The highest BCUT2D eigenvalue weighted by Gasteiger charge is 2.52. The Labute approximate surface area is 346 Å². The van der Waals surface area contributed by atoms with E-state index in [1.807, 2.05) is 23.5 Å². The second-order valence-electron chi connectivity index (χ2n) is 15.3. The number of hydrogen-bond donors (Lipinski definition) is 0. The van der Waals surface area contributed by atoms with E-state index in [9.17, 15) is 0 Å². The molecule has 0 amide bonds. The number of rotatable bonds is 5. The van der Waals surface area contributed by atoms with Crippen molar-refractivity contribution in [3.05, 3.63) is 234 Å². The normalized spacial score (nSPS) is 13.1. The van der Waals surface area contributed by atoms with Crippen LogP contribution in [0, 0.1) is 0 Å². The van der Waals surface area contributed by atoms with Crippen LogP contribution in [-0.4, -0.2) is 0 Å². The summed E-state index contributed by atoms with van der Waals surface area (Å²) in [5, 5.41) is 3.32. The van der Waals surface area contributed by atoms with E-state index in [1.165, 1.54) is 81.4 Å². The predicted molar refractivity (Wildman–Crippen MR) is 246 cm³/mol. The minimum absolute atomic E-state index is 0.454. The summed E-state index contributed by atoms with van der Waals surface area (Å²) >= 11 is 8.32. The predicted octanol–water partition coefficient (Wildman–Crippen LogP) is 15.9. The first-order chi connectivity index (χ1) is 28.7. The highest BCUT2D eigenvalue weighted by molar-refractivity contribution is 7.25. The van der Waals surface area contributed by atoms with Gasteiger partial charge in [0.1, 0.15) is 0 Å². The van der Waals surface area contributed by atoms with Crippen LogP contribution in [0.4, 0.5) is 17.1 Å². The Balaban J connectivity index is 1.08. The lowest BCUT2D eigenvalue weighted by atomic mass is 9.70. The molecule has 0 fully saturated rings. The standard InChI is InChI=1S/C55H34ClNS/c56-38-26-22-35(23-27-38)37-32-46(54-45-17-6-10-20-50(45)55(51(54)33-37)48-18-8-4-14-42(48)43-15-5-9-19-49(43)55)36-24-28-40(29-25-36)57(39-12-2-1-3-13-39)41-30-31-53-47(34-41)44-16-7-11-21-52(44)58-53/h1-34H. The lowest BCUT2D eigenvalue weighted by Crippen LogP contribution is -2.25. The first-order valence-corrected chi connectivity index (χ1v) is 21.0. The summed E-state index contributed by atoms with van der Waals surface area (Å²) in [7, 11) is 0. The number of halogens is 1. The van der Waals surface area contributed by atoms with Gasteiger partial charge in [0.25, 0.3) is 0 Å². The smallest absolute Gasteiger partial charge is 0.0725 e. The average molecular weight is 776 g/mol. The molecule has 1 spiro atoms. The van der Waals surface area contributed by atoms with Crippen molar-refractivity contribution in [1.82, 2.24) is 0 Å². The third kappa shape index (κ3) is 4.83. The van der Waals surface area contributed by atoms with Crippen molar-refractivity contribution in [2.24, 2.45) is 0 Å².